The molecule has 0 amide bonds. The highest BCUT2D eigenvalue weighted by Crippen LogP contribution is 2.57. The van der Waals surface area contributed by atoms with Crippen LogP contribution >= 0.6 is 0 Å². The molecular formula is C19H29NO. The van der Waals surface area contributed by atoms with Crippen LogP contribution in [-0.4, -0.2) is 24.3 Å². The van der Waals surface area contributed by atoms with Crippen LogP contribution in [0.3, 0.4) is 0 Å². The molecule has 1 aliphatic heterocycles. The molecule has 1 aromatic carbocycles. The Morgan fingerprint density at radius 1 is 1.10 bits per heavy atom. The van der Waals surface area contributed by atoms with Gasteiger partial charge >= 0.3 is 0 Å². The van der Waals surface area contributed by atoms with Crippen molar-refractivity contribution < 1.29 is 4.74 Å². The van der Waals surface area contributed by atoms with E-state index in [1.54, 1.807) is 0 Å². The summed E-state index contributed by atoms with van der Waals surface area (Å²) in [5, 5.41) is 3.66. The zero-order valence-corrected chi connectivity index (χ0v) is 14.1. The average Bonchev–Trinajstić information content (AvgIpc) is 3.15. The van der Waals surface area contributed by atoms with Crippen LogP contribution in [0.4, 0.5) is 0 Å². The maximum Gasteiger partial charge on any atom is 0.0678 e. The first-order valence-electron chi connectivity index (χ1n) is 8.24. The van der Waals surface area contributed by atoms with Crippen molar-refractivity contribution in [2.75, 3.05) is 7.05 Å². The van der Waals surface area contributed by atoms with E-state index in [4.69, 9.17) is 4.74 Å². The molecule has 1 aliphatic carbocycles. The van der Waals surface area contributed by atoms with Crippen LogP contribution in [0.25, 0.3) is 0 Å². The minimum absolute atomic E-state index is 0.0178. The lowest BCUT2D eigenvalue weighted by atomic mass is 9.72. The number of hydrogen-bond donors (Lipinski definition) is 1. The number of nitrogens with one attached hydrogen (secondary N) is 1. The molecule has 2 unspecified atom stereocenters. The van der Waals surface area contributed by atoms with Gasteiger partial charge in [-0.2, -0.15) is 0 Å². The minimum Gasteiger partial charge on any atom is -0.369 e. The molecule has 1 saturated carbocycles. The Bertz CT molecular complexity index is 502. The number of hydrogen-bond acceptors (Lipinski definition) is 2. The molecule has 2 heteroatoms. The largest absolute Gasteiger partial charge is 0.369 e. The summed E-state index contributed by atoms with van der Waals surface area (Å²) in [6, 6.07) is 11.5. The van der Waals surface area contributed by atoms with Crippen molar-refractivity contribution in [1.29, 1.82) is 0 Å². The number of benzene rings is 1. The SMILES string of the molecule is CNC(C1CC(C)(C)OC1(C)C)C1(c2ccccc2)CC1. The van der Waals surface area contributed by atoms with Crippen molar-refractivity contribution in [2.24, 2.45) is 5.92 Å². The fourth-order valence-corrected chi connectivity index (χ4v) is 4.67. The second-order valence-corrected chi connectivity index (χ2v) is 8.06. The fourth-order valence-electron chi connectivity index (χ4n) is 4.67. The molecule has 1 N–H and O–H groups in total. The van der Waals surface area contributed by atoms with Crippen molar-refractivity contribution in [3.8, 4) is 0 Å². The number of ether oxygens (including phenoxy) is 1. The molecule has 1 heterocycles. The summed E-state index contributed by atoms with van der Waals surface area (Å²) in [5.74, 6) is 0.542. The first-order chi connectivity index (χ1) is 9.81. The van der Waals surface area contributed by atoms with E-state index < -0.39 is 0 Å². The molecule has 2 nitrogen and oxygen atoms in total. The first kappa shape index (κ1) is 15.1. The van der Waals surface area contributed by atoms with Gasteiger partial charge in [-0.05, 0) is 59.6 Å². The summed E-state index contributed by atoms with van der Waals surface area (Å²) < 4.78 is 6.35. The van der Waals surface area contributed by atoms with Gasteiger partial charge in [-0.25, -0.2) is 0 Å². The van der Waals surface area contributed by atoms with Crippen molar-refractivity contribution in [3.63, 3.8) is 0 Å². The molecule has 1 aromatic rings. The Kier molecular flexibility index (Phi) is 3.46. The number of rotatable bonds is 4. The smallest absolute Gasteiger partial charge is 0.0678 e. The Labute approximate surface area is 129 Å². The van der Waals surface area contributed by atoms with Gasteiger partial charge in [0.15, 0.2) is 0 Å². The van der Waals surface area contributed by atoms with Crippen molar-refractivity contribution in [2.45, 2.75) is 69.6 Å². The van der Waals surface area contributed by atoms with Crippen LogP contribution in [-0.2, 0) is 10.2 Å². The summed E-state index contributed by atoms with van der Waals surface area (Å²) in [6.07, 6.45) is 3.70. The van der Waals surface area contributed by atoms with E-state index in [0.29, 0.717) is 17.4 Å². The molecule has 0 spiro atoms. The van der Waals surface area contributed by atoms with Crippen LogP contribution in [0.15, 0.2) is 30.3 Å². The highest BCUT2D eigenvalue weighted by molar-refractivity contribution is 5.35. The third kappa shape index (κ3) is 2.53. The zero-order valence-electron chi connectivity index (χ0n) is 14.1. The van der Waals surface area contributed by atoms with Crippen LogP contribution < -0.4 is 5.32 Å². The van der Waals surface area contributed by atoms with Crippen molar-refractivity contribution >= 4 is 0 Å². The predicted octanol–water partition coefficient (Wildman–Crippen LogP) is 3.90. The van der Waals surface area contributed by atoms with Gasteiger partial charge in [-0.1, -0.05) is 30.3 Å². The topological polar surface area (TPSA) is 21.3 Å². The third-order valence-corrected chi connectivity index (χ3v) is 5.59. The maximum absolute atomic E-state index is 6.35. The fraction of sp³-hybridized carbons (Fsp3) is 0.684. The molecule has 0 bridgehead atoms. The summed E-state index contributed by atoms with van der Waals surface area (Å²) in [6.45, 7) is 8.97. The molecule has 1 saturated heterocycles. The lowest BCUT2D eigenvalue weighted by Crippen LogP contribution is -2.49. The van der Waals surface area contributed by atoms with E-state index in [2.05, 4.69) is 70.4 Å². The van der Waals surface area contributed by atoms with Gasteiger partial charge < -0.3 is 10.1 Å². The molecule has 21 heavy (non-hydrogen) atoms. The van der Waals surface area contributed by atoms with E-state index in [9.17, 15) is 0 Å². The Balaban J connectivity index is 1.93. The summed E-state index contributed by atoms with van der Waals surface area (Å²) >= 11 is 0. The molecule has 2 aliphatic rings. The monoisotopic (exact) mass is 287 g/mol. The van der Waals surface area contributed by atoms with Gasteiger partial charge in [0, 0.05) is 17.4 Å². The van der Waals surface area contributed by atoms with E-state index in [1.807, 2.05) is 0 Å². The summed E-state index contributed by atoms with van der Waals surface area (Å²) in [7, 11) is 2.12. The Morgan fingerprint density at radius 2 is 1.71 bits per heavy atom. The molecule has 0 aromatic heterocycles. The van der Waals surface area contributed by atoms with Crippen LogP contribution in [0, 0.1) is 5.92 Å². The highest BCUT2D eigenvalue weighted by atomic mass is 16.5. The van der Waals surface area contributed by atoms with Crippen LogP contribution in [0.1, 0.15) is 52.5 Å². The van der Waals surface area contributed by atoms with Gasteiger partial charge in [-0.15, -0.1) is 0 Å². The molecule has 3 rings (SSSR count). The van der Waals surface area contributed by atoms with Gasteiger partial charge in [0.1, 0.15) is 0 Å². The third-order valence-electron chi connectivity index (χ3n) is 5.59. The van der Waals surface area contributed by atoms with E-state index in [0.717, 1.165) is 6.42 Å². The standard InChI is InChI=1S/C19H29NO/c1-17(2)13-15(18(3,4)21-17)16(20-5)19(11-12-19)14-9-7-6-8-10-14/h6-10,15-16,20H,11-13H2,1-5H3. The molecule has 116 valence electrons. The van der Waals surface area contributed by atoms with E-state index >= 15 is 0 Å². The first-order valence-corrected chi connectivity index (χ1v) is 8.24. The van der Waals surface area contributed by atoms with Crippen LogP contribution in [0.2, 0.25) is 0 Å². The Hall–Kier alpha value is -0.860. The normalized spacial score (nSPS) is 30.0. The van der Waals surface area contributed by atoms with E-state index in [1.165, 1.54) is 18.4 Å². The van der Waals surface area contributed by atoms with Gasteiger partial charge in [-0.3, -0.25) is 0 Å². The average molecular weight is 287 g/mol. The molecule has 2 fully saturated rings. The lowest BCUT2D eigenvalue weighted by molar-refractivity contribution is -0.0787. The van der Waals surface area contributed by atoms with Crippen LogP contribution in [0.5, 0.6) is 0 Å². The lowest BCUT2D eigenvalue weighted by Gasteiger charge is -2.38. The highest BCUT2D eigenvalue weighted by Gasteiger charge is 2.59. The number of likely N-dealkylation sites (N-methyl/N-ethyl adjacent to an activating group) is 1. The van der Waals surface area contributed by atoms with Gasteiger partial charge in [0.05, 0.1) is 11.2 Å². The van der Waals surface area contributed by atoms with Gasteiger partial charge in [0.25, 0.3) is 0 Å². The second-order valence-electron chi connectivity index (χ2n) is 8.06. The summed E-state index contributed by atoms with van der Waals surface area (Å²) in [5.41, 5.74) is 1.71. The second kappa shape index (κ2) is 4.82. The minimum atomic E-state index is -0.0679. The maximum atomic E-state index is 6.35. The van der Waals surface area contributed by atoms with Gasteiger partial charge in [0.2, 0.25) is 0 Å². The molecule has 0 radical (unpaired) electrons. The van der Waals surface area contributed by atoms with E-state index in [-0.39, 0.29) is 11.2 Å². The Morgan fingerprint density at radius 3 is 2.14 bits per heavy atom. The zero-order chi connectivity index (χ0) is 15.3. The quantitative estimate of drug-likeness (QED) is 0.907. The predicted molar refractivity (Wildman–Crippen MR) is 87.6 cm³/mol. The summed E-state index contributed by atoms with van der Waals surface area (Å²) in [4.78, 5) is 0. The molecule has 2 atom stereocenters. The van der Waals surface area contributed by atoms with Crippen molar-refractivity contribution in [1.82, 2.24) is 5.32 Å². The van der Waals surface area contributed by atoms with Crippen molar-refractivity contribution in [3.05, 3.63) is 35.9 Å². The molecular weight excluding hydrogens is 258 g/mol.